The maximum absolute atomic E-state index is 12.4. The number of rotatable bonds is 6. The Labute approximate surface area is 158 Å². The van der Waals surface area contributed by atoms with E-state index in [1.807, 2.05) is 36.4 Å². The number of halogens is 1. The van der Waals surface area contributed by atoms with Gasteiger partial charge in [-0.25, -0.2) is 0 Å². The SMILES string of the molecule is CC[C@H](C)c1ccccc1NC(=O)COc1ccc(Cl)c2cccnc12. The van der Waals surface area contributed by atoms with Gasteiger partial charge in [-0.3, -0.25) is 9.78 Å². The fraction of sp³-hybridized carbons (Fsp3) is 0.238. The van der Waals surface area contributed by atoms with Crippen molar-refractivity contribution >= 4 is 34.1 Å². The van der Waals surface area contributed by atoms with Gasteiger partial charge in [-0.15, -0.1) is 0 Å². The Morgan fingerprint density at radius 3 is 2.81 bits per heavy atom. The lowest BCUT2D eigenvalue weighted by Crippen LogP contribution is -2.21. The van der Waals surface area contributed by atoms with Crippen molar-refractivity contribution in [3.8, 4) is 5.75 Å². The van der Waals surface area contributed by atoms with E-state index in [9.17, 15) is 4.79 Å². The molecule has 0 aliphatic rings. The molecule has 5 heteroatoms. The normalized spacial score (nSPS) is 12.0. The van der Waals surface area contributed by atoms with Crippen molar-refractivity contribution in [1.29, 1.82) is 0 Å². The van der Waals surface area contributed by atoms with E-state index in [0.717, 1.165) is 23.1 Å². The molecule has 3 aromatic rings. The number of nitrogens with one attached hydrogen (secondary N) is 1. The number of fused-ring (bicyclic) bond motifs is 1. The van der Waals surface area contributed by atoms with E-state index in [1.54, 1.807) is 18.3 Å². The molecule has 0 bridgehead atoms. The summed E-state index contributed by atoms with van der Waals surface area (Å²) in [6.45, 7) is 4.18. The number of amides is 1. The average molecular weight is 369 g/mol. The zero-order chi connectivity index (χ0) is 18.5. The van der Waals surface area contributed by atoms with Crippen LogP contribution < -0.4 is 10.1 Å². The first-order valence-electron chi connectivity index (χ1n) is 8.65. The predicted octanol–water partition coefficient (Wildman–Crippen LogP) is 5.42. The Kier molecular flexibility index (Phi) is 5.74. The number of nitrogens with zero attached hydrogens (tertiary/aromatic N) is 1. The number of benzene rings is 2. The molecular weight excluding hydrogens is 348 g/mol. The summed E-state index contributed by atoms with van der Waals surface area (Å²) in [6.07, 6.45) is 2.68. The number of para-hydroxylation sites is 1. The van der Waals surface area contributed by atoms with E-state index in [-0.39, 0.29) is 12.5 Å². The van der Waals surface area contributed by atoms with Gasteiger partial charge in [0.05, 0.1) is 5.02 Å². The second-order valence-electron chi connectivity index (χ2n) is 6.18. The molecule has 0 unspecified atom stereocenters. The number of carbonyl (C=O) groups is 1. The van der Waals surface area contributed by atoms with Gasteiger partial charge < -0.3 is 10.1 Å². The topological polar surface area (TPSA) is 51.2 Å². The van der Waals surface area contributed by atoms with E-state index in [0.29, 0.717) is 22.2 Å². The van der Waals surface area contributed by atoms with Crippen LogP contribution in [-0.2, 0) is 4.79 Å². The van der Waals surface area contributed by atoms with Crippen molar-refractivity contribution in [2.75, 3.05) is 11.9 Å². The fourth-order valence-corrected chi connectivity index (χ4v) is 3.03. The molecule has 0 aliphatic heterocycles. The molecule has 0 fully saturated rings. The summed E-state index contributed by atoms with van der Waals surface area (Å²) in [6, 6.07) is 15.0. The number of pyridine rings is 1. The van der Waals surface area contributed by atoms with Crippen LogP contribution in [0.25, 0.3) is 10.9 Å². The molecule has 1 amide bonds. The number of aromatic nitrogens is 1. The first kappa shape index (κ1) is 18.2. The van der Waals surface area contributed by atoms with Crippen LogP contribution in [-0.4, -0.2) is 17.5 Å². The van der Waals surface area contributed by atoms with E-state index in [4.69, 9.17) is 16.3 Å². The summed E-state index contributed by atoms with van der Waals surface area (Å²) in [5, 5.41) is 4.35. The third kappa shape index (κ3) is 3.97. The first-order valence-corrected chi connectivity index (χ1v) is 9.02. The van der Waals surface area contributed by atoms with Gasteiger partial charge in [-0.05, 0) is 48.2 Å². The average Bonchev–Trinajstić information content (AvgIpc) is 2.67. The molecular formula is C21H21ClN2O2. The molecule has 4 nitrogen and oxygen atoms in total. The van der Waals surface area contributed by atoms with Gasteiger partial charge in [-0.2, -0.15) is 0 Å². The molecule has 134 valence electrons. The van der Waals surface area contributed by atoms with Crippen LogP contribution >= 0.6 is 11.6 Å². The summed E-state index contributed by atoms with van der Waals surface area (Å²) in [5.41, 5.74) is 2.60. The Hall–Kier alpha value is -2.59. The molecule has 2 aromatic carbocycles. The zero-order valence-electron chi connectivity index (χ0n) is 14.8. The maximum atomic E-state index is 12.4. The van der Waals surface area contributed by atoms with Crippen LogP contribution in [0.3, 0.4) is 0 Å². The summed E-state index contributed by atoms with van der Waals surface area (Å²) >= 11 is 6.18. The number of hydrogen-bond acceptors (Lipinski definition) is 3. The van der Waals surface area contributed by atoms with Crippen molar-refractivity contribution in [3.63, 3.8) is 0 Å². The van der Waals surface area contributed by atoms with Crippen LogP contribution in [0.15, 0.2) is 54.7 Å². The highest BCUT2D eigenvalue weighted by molar-refractivity contribution is 6.35. The Bertz CT molecular complexity index is 927. The lowest BCUT2D eigenvalue weighted by molar-refractivity contribution is -0.118. The molecule has 1 heterocycles. The molecule has 26 heavy (non-hydrogen) atoms. The largest absolute Gasteiger partial charge is 0.481 e. The summed E-state index contributed by atoms with van der Waals surface area (Å²) in [5.74, 6) is 0.701. The van der Waals surface area contributed by atoms with Crippen molar-refractivity contribution in [2.45, 2.75) is 26.2 Å². The van der Waals surface area contributed by atoms with E-state index >= 15 is 0 Å². The van der Waals surface area contributed by atoms with Crippen LogP contribution in [0, 0.1) is 0 Å². The molecule has 0 saturated heterocycles. The van der Waals surface area contributed by atoms with Gasteiger partial charge in [0.1, 0.15) is 11.3 Å². The van der Waals surface area contributed by atoms with Crippen molar-refractivity contribution in [2.24, 2.45) is 0 Å². The maximum Gasteiger partial charge on any atom is 0.262 e. The summed E-state index contributed by atoms with van der Waals surface area (Å²) < 4.78 is 5.70. The fourth-order valence-electron chi connectivity index (χ4n) is 2.82. The Morgan fingerprint density at radius 2 is 2.00 bits per heavy atom. The van der Waals surface area contributed by atoms with Crippen molar-refractivity contribution < 1.29 is 9.53 Å². The highest BCUT2D eigenvalue weighted by Crippen LogP contribution is 2.30. The Morgan fingerprint density at radius 1 is 1.19 bits per heavy atom. The third-order valence-corrected chi connectivity index (χ3v) is 4.75. The number of ether oxygens (including phenoxy) is 1. The third-order valence-electron chi connectivity index (χ3n) is 4.42. The molecule has 1 atom stereocenters. The number of anilines is 1. The summed E-state index contributed by atoms with van der Waals surface area (Å²) in [7, 11) is 0. The zero-order valence-corrected chi connectivity index (χ0v) is 15.6. The highest BCUT2D eigenvalue weighted by Gasteiger charge is 2.13. The molecule has 0 saturated carbocycles. The minimum atomic E-state index is -0.209. The van der Waals surface area contributed by atoms with Gasteiger partial charge in [0.25, 0.3) is 5.91 Å². The standard InChI is InChI=1S/C21H21ClN2O2/c1-3-14(2)15-7-4-5-9-18(15)24-20(25)13-26-19-11-10-17(22)16-8-6-12-23-21(16)19/h4-12,14H,3,13H2,1-2H3,(H,24,25)/t14-/m0/s1. The van der Waals surface area contributed by atoms with Crippen LogP contribution in [0.2, 0.25) is 5.02 Å². The first-order chi connectivity index (χ1) is 12.6. The van der Waals surface area contributed by atoms with Gasteiger partial charge in [-0.1, -0.05) is 43.6 Å². The second kappa shape index (κ2) is 8.19. The predicted molar refractivity (Wildman–Crippen MR) is 106 cm³/mol. The minimum absolute atomic E-state index is 0.0951. The molecule has 0 aliphatic carbocycles. The van der Waals surface area contributed by atoms with E-state index < -0.39 is 0 Å². The highest BCUT2D eigenvalue weighted by atomic mass is 35.5. The molecule has 0 spiro atoms. The molecule has 1 aromatic heterocycles. The number of carbonyl (C=O) groups excluding carboxylic acids is 1. The smallest absolute Gasteiger partial charge is 0.262 e. The molecule has 1 N–H and O–H groups in total. The second-order valence-corrected chi connectivity index (χ2v) is 6.59. The van der Waals surface area contributed by atoms with Crippen LogP contribution in [0.4, 0.5) is 5.69 Å². The van der Waals surface area contributed by atoms with E-state index in [2.05, 4.69) is 24.1 Å². The van der Waals surface area contributed by atoms with Crippen molar-refractivity contribution in [3.05, 3.63) is 65.3 Å². The van der Waals surface area contributed by atoms with Crippen molar-refractivity contribution in [1.82, 2.24) is 4.98 Å². The lowest BCUT2D eigenvalue weighted by Gasteiger charge is -2.16. The quantitative estimate of drug-likeness (QED) is 0.632. The summed E-state index contributed by atoms with van der Waals surface area (Å²) in [4.78, 5) is 16.7. The number of hydrogen-bond donors (Lipinski definition) is 1. The van der Waals surface area contributed by atoms with E-state index in [1.165, 1.54) is 0 Å². The molecule has 0 radical (unpaired) electrons. The van der Waals surface area contributed by atoms with Gasteiger partial charge in [0.2, 0.25) is 0 Å². The Balaban J connectivity index is 1.72. The molecule has 3 rings (SSSR count). The van der Waals surface area contributed by atoms with Crippen LogP contribution in [0.1, 0.15) is 31.7 Å². The lowest BCUT2D eigenvalue weighted by atomic mass is 9.97. The van der Waals surface area contributed by atoms with Gasteiger partial charge in [0, 0.05) is 17.3 Å². The van der Waals surface area contributed by atoms with Gasteiger partial charge in [0.15, 0.2) is 6.61 Å². The van der Waals surface area contributed by atoms with Gasteiger partial charge >= 0.3 is 0 Å². The monoisotopic (exact) mass is 368 g/mol. The minimum Gasteiger partial charge on any atom is -0.481 e. The van der Waals surface area contributed by atoms with Crippen LogP contribution in [0.5, 0.6) is 5.75 Å².